The number of rotatable bonds is 5. The molecule has 1 rings (SSSR count). The van der Waals surface area contributed by atoms with Crippen molar-refractivity contribution in [2.45, 2.75) is 26.4 Å². The molecule has 0 aliphatic heterocycles. The van der Waals surface area contributed by atoms with Crippen LogP contribution in [-0.4, -0.2) is 19.8 Å². The Hall–Kier alpha value is -0.860. The Kier molecular flexibility index (Phi) is 4.63. The van der Waals surface area contributed by atoms with Gasteiger partial charge in [-0.05, 0) is 19.4 Å². The molecule has 0 bridgehead atoms. The summed E-state index contributed by atoms with van der Waals surface area (Å²) in [5.74, 6) is 0. The van der Waals surface area contributed by atoms with Crippen LogP contribution in [0, 0.1) is 6.92 Å². The summed E-state index contributed by atoms with van der Waals surface area (Å²) in [7, 11) is 1.73. The highest BCUT2D eigenvalue weighted by Gasteiger charge is 1.99. The molecular weight excluding hydrogens is 174 g/mol. The lowest BCUT2D eigenvalue weighted by molar-refractivity contribution is 0.171. The van der Waals surface area contributed by atoms with Gasteiger partial charge in [-0.15, -0.1) is 0 Å². The fraction of sp³-hybridized carbons (Fsp3) is 0.500. The highest BCUT2D eigenvalue weighted by Crippen LogP contribution is 2.03. The van der Waals surface area contributed by atoms with E-state index in [9.17, 15) is 0 Å². The second-order valence-electron chi connectivity index (χ2n) is 3.73. The third-order valence-electron chi connectivity index (χ3n) is 2.15. The van der Waals surface area contributed by atoms with Crippen LogP contribution in [0.3, 0.4) is 0 Å². The van der Waals surface area contributed by atoms with Gasteiger partial charge in [0.05, 0.1) is 6.61 Å². The monoisotopic (exact) mass is 193 g/mol. The fourth-order valence-electron chi connectivity index (χ4n) is 1.42. The van der Waals surface area contributed by atoms with Gasteiger partial charge in [-0.2, -0.15) is 0 Å². The maximum absolute atomic E-state index is 5.05. The van der Waals surface area contributed by atoms with Gasteiger partial charge >= 0.3 is 0 Å². The molecule has 78 valence electrons. The minimum Gasteiger partial charge on any atom is -0.383 e. The Morgan fingerprint density at radius 2 is 2.21 bits per heavy atom. The molecule has 1 aromatic rings. The molecule has 1 aromatic carbocycles. The maximum atomic E-state index is 5.05. The van der Waals surface area contributed by atoms with Gasteiger partial charge in [-0.1, -0.05) is 29.8 Å². The summed E-state index contributed by atoms with van der Waals surface area (Å²) in [6, 6.07) is 8.95. The predicted molar refractivity (Wildman–Crippen MR) is 59.4 cm³/mol. The van der Waals surface area contributed by atoms with Gasteiger partial charge < -0.3 is 10.1 Å². The van der Waals surface area contributed by atoms with Crippen LogP contribution in [0.1, 0.15) is 18.1 Å². The zero-order valence-corrected chi connectivity index (χ0v) is 9.21. The second kappa shape index (κ2) is 5.78. The number of nitrogens with one attached hydrogen (secondary N) is 1. The molecular formula is C12H19NO. The third-order valence-corrected chi connectivity index (χ3v) is 2.15. The number of aryl methyl sites for hydroxylation is 1. The fourth-order valence-corrected chi connectivity index (χ4v) is 1.42. The molecule has 2 heteroatoms. The summed E-state index contributed by atoms with van der Waals surface area (Å²) < 4.78 is 5.05. The lowest BCUT2D eigenvalue weighted by Gasteiger charge is -2.12. The average Bonchev–Trinajstić information content (AvgIpc) is 2.15. The molecule has 1 N–H and O–H groups in total. The molecule has 0 unspecified atom stereocenters. The van der Waals surface area contributed by atoms with Gasteiger partial charge in [-0.25, -0.2) is 0 Å². The largest absolute Gasteiger partial charge is 0.383 e. The SMILES string of the molecule is COC[C@@H](C)NCc1cccc(C)c1. The minimum absolute atomic E-state index is 0.403. The molecule has 0 saturated heterocycles. The third kappa shape index (κ3) is 3.90. The summed E-state index contributed by atoms with van der Waals surface area (Å²) in [5.41, 5.74) is 2.64. The van der Waals surface area contributed by atoms with E-state index in [1.807, 2.05) is 0 Å². The molecule has 0 heterocycles. The van der Waals surface area contributed by atoms with E-state index in [0.29, 0.717) is 6.04 Å². The number of hydrogen-bond acceptors (Lipinski definition) is 2. The minimum atomic E-state index is 0.403. The Labute approximate surface area is 86.3 Å². The van der Waals surface area contributed by atoms with Crippen molar-refractivity contribution in [1.29, 1.82) is 0 Å². The molecule has 0 fully saturated rings. The van der Waals surface area contributed by atoms with Crippen molar-refractivity contribution < 1.29 is 4.74 Å². The lowest BCUT2D eigenvalue weighted by atomic mass is 10.1. The Morgan fingerprint density at radius 1 is 1.43 bits per heavy atom. The van der Waals surface area contributed by atoms with Crippen LogP contribution >= 0.6 is 0 Å². The van der Waals surface area contributed by atoms with Crippen molar-refractivity contribution in [2.75, 3.05) is 13.7 Å². The van der Waals surface area contributed by atoms with E-state index < -0.39 is 0 Å². The molecule has 14 heavy (non-hydrogen) atoms. The molecule has 0 radical (unpaired) electrons. The number of hydrogen-bond donors (Lipinski definition) is 1. The first kappa shape index (κ1) is 11.2. The van der Waals surface area contributed by atoms with Gasteiger partial charge in [0.2, 0.25) is 0 Å². The highest BCUT2D eigenvalue weighted by molar-refractivity contribution is 5.21. The van der Waals surface area contributed by atoms with E-state index in [0.717, 1.165) is 13.2 Å². The molecule has 0 saturated carbocycles. The van der Waals surface area contributed by atoms with E-state index in [1.54, 1.807) is 7.11 Å². The van der Waals surface area contributed by atoms with Gasteiger partial charge in [-0.3, -0.25) is 0 Å². The molecule has 0 aliphatic rings. The van der Waals surface area contributed by atoms with Gasteiger partial charge in [0.25, 0.3) is 0 Å². The molecule has 1 atom stereocenters. The summed E-state index contributed by atoms with van der Waals surface area (Å²) in [5, 5.41) is 3.40. The zero-order valence-electron chi connectivity index (χ0n) is 9.21. The Morgan fingerprint density at radius 3 is 2.86 bits per heavy atom. The predicted octanol–water partition coefficient (Wildman–Crippen LogP) is 2.12. The van der Waals surface area contributed by atoms with Crippen molar-refractivity contribution in [3.05, 3.63) is 35.4 Å². The normalized spacial score (nSPS) is 12.8. The molecule has 0 aliphatic carbocycles. The maximum Gasteiger partial charge on any atom is 0.0613 e. The molecule has 0 spiro atoms. The Bertz CT molecular complexity index is 273. The summed E-state index contributed by atoms with van der Waals surface area (Å²) in [4.78, 5) is 0. The van der Waals surface area contributed by atoms with Crippen LogP contribution in [-0.2, 0) is 11.3 Å². The first-order valence-corrected chi connectivity index (χ1v) is 5.00. The second-order valence-corrected chi connectivity index (χ2v) is 3.73. The van der Waals surface area contributed by atoms with Crippen molar-refractivity contribution in [3.8, 4) is 0 Å². The van der Waals surface area contributed by atoms with Crippen molar-refractivity contribution in [2.24, 2.45) is 0 Å². The van der Waals surface area contributed by atoms with Crippen LogP contribution in [0.15, 0.2) is 24.3 Å². The average molecular weight is 193 g/mol. The van der Waals surface area contributed by atoms with Crippen molar-refractivity contribution in [3.63, 3.8) is 0 Å². The summed E-state index contributed by atoms with van der Waals surface area (Å²) in [6.07, 6.45) is 0. The van der Waals surface area contributed by atoms with E-state index in [-0.39, 0.29) is 0 Å². The van der Waals surface area contributed by atoms with Gasteiger partial charge in [0, 0.05) is 19.7 Å². The topological polar surface area (TPSA) is 21.3 Å². The Balaban J connectivity index is 2.37. The van der Waals surface area contributed by atoms with Crippen LogP contribution in [0.25, 0.3) is 0 Å². The zero-order chi connectivity index (χ0) is 10.4. The van der Waals surface area contributed by atoms with Gasteiger partial charge in [0.1, 0.15) is 0 Å². The number of ether oxygens (including phenoxy) is 1. The quantitative estimate of drug-likeness (QED) is 0.773. The first-order chi connectivity index (χ1) is 6.72. The molecule has 2 nitrogen and oxygen atoms in total. The van der Waals surface area contributed by atoms with Crippen LogP contribution in [0.2, 0.25) is 0 Å². The van der Waals surface area contributed by atoms with Crippen LogP contribution < -0.4 is 5.32 Å². The smallest absolute Gasteiger partial charge is 0.0613 e. The first-order valence-electron chi connectivity index (χ1n) is 5.00. The van der Waals surface area contributed by atoms with E-state index >= 15 is 0 Å². The van der Waals surface area contributed by atoms with E-state index in [2.05, 4.69) is 43.4 Å². The summed E-state index contributed by atoms with van der Waals surface area (Å²) in [6.45, 7) is 5.90. The standard InChI is InChI=1S/C12H19NO/c1-10-5-4-6-12(7-10)8-13-11(2)9-14-3/h4-7,11,13H,8-9H2,1-3H3/t11-/m1/s1. The number of benzene rings is 1. The molecule has 0 amide bonds. The van der Waals surface area contributed by atoms with E-state index in [4.69, 9.17) is 4.74 Å². The number of methoxy groups -OCH3 is 1. The van der Waals surface area contributed by atoms with Crippen LogP contribution in [0.5, 0.6) is 0 Å². The molecule has 0 aromatic heterocycles. The lowest BCUT2D eigenvalue weighted by Crippen LogP contribution is -2.29. The highest BCUT2D eigenvalue weighted by atomic mass is 16.5. The summed E-state index contributed by atoms with van der Waals surface area (Å²) >= 11 is 0. The van der Waals surface area contributed by atoms with Crippen molar-refractivity contribution >= 4 is 0 Å². The van der Waals surface area contributed by atoms with Crippen LogP contribution in [0.4, 0.5) is 0 Å². The van der Waals surface area contributed by atoms with Gasteiger partial charge in [0.15, 0.2) is 0 Å². The van der Waals surface area contributed by atoms with E-state index in [1.165, 1.54) is 11.1 Å². The van der Waals surface area contributed by atoms with Crippen molar-refractivity contribution in [1.82, 2.24) is 5.32 Å².